The molecule has 2 rings (SSSR count). The number of benzene rings is 1. The lowest BCUT2D eigenvalue weighted by atomic mass is 10.0. The van der Waals surface area contributed by atoms with E-state index in [0.717, 1.165) is 17.6 Å². The van der Waals surface area contributed by atoms with Crippen LogP contribution in [0.15, 0.2) is 24.3 Å². The molecule has 0 amide bonds. The monoisotopic (exact) mass is 208 g/mol. The first-order chi connectivity index (χ1) is 6.77. The number of thioether (sulfide) groups is 1. The van der Waals surface area contributed by atoms with E-state index in [0.29, 0.717) is 5.92 Å². The van der Waals surface area contributed by atoms with Gasteiger partial charge in [-0.1, -0.05) is 32.0 Å². The summed E-state index contributed by atoms with van der Waals surface area (Å²) >= 11 is 1.98. The topological polar surface area (TPSA) is 9.23 Å². The van der Waals surface area contributed by atoms with Gasteiger partial charge in [-0.05, 0) is 17.5 Å². The van der Waals surface area contributed by atoms with Crippen LogP contribution >= 0.6 is 11.8 Å². The largest absolute Gasteiger partial charge is 0.492 e. The van der Waals surface area contributed by atoms with Gasteiger partial charge in [0.1, 0.15) is 12.4 Å². The SMILES string of the molecule is CC(C)c1ccccc1OCC1CS1. The minimum atomic E-state index is 0.540. The Morgan fingerprint density at radius 3 is 2.79 bits per heavy atom. The Bertz CT molecular complexity index is 305. The van der Waals surface area contributed by atoms with Crippen LogP contribution in [0, 0.1) is 0 Å². The van der Waals surface area contributed by atoms with Crippen molar-refractivity contribution in [3.05, 3.63) is 29.8 Å². The van der Waals surface area contributed by atoms with Crippen LogP contribution < -0.4 is 4.74 Å². The number of hydrogen-bond acceptors (Lipinski definition) is 2. The van der Waals surface area contributed by atoms with Gasteiger partial charge in [-0.2, -0.15) is 11.8 Å². The van der Waals surface area contributed by atoms with Crippen LogP contribution in [-0.2, 0) is 0 Å². The van der Waals surface area contributed by atoms with Crippen LogP contribution in [0.5, 0.6) is 5.75 Å². The zero-order valence-corrected chi connectivity index (χ0v) is 9.51. The van der Waals surface area contributed by atoms with Crippen molar-refractivity contribution in [2.45, 2.75) is 25.0 Å². The Morgan fingerprint density at radius 2 is 2.14 bits per heavy atom. The minimum absolute atomic E-state index is 0.540. The highest BCUT2D eigenvalue weighted by Crippen LogP contribution is 2.32. The number of ether oxygens (including phenoxy) is 1. The van der Waals surface area contributed by atoms with Gasteiger partial charge >= 0.3 is 0 Å². The zero-order valence-electron chi connectivity index (χ0n) is 8.69. The molecule has 0 aliphatic carbocycles. The summed E-state index contributed by atoms with van der Waals surface area (Å²) in [5.41, 5.74) is 1.32. The smallest absolute Gasteiger partial charge is 0.122 e. The molecular weight excluding hydrogens is 192 g/mol. The van der Waals surface area contributed by atoms with Crippen LogP contribution in [-0.4, -0.2) is 17.6 Å². The second-order valence-electron chi connectivity index (χ2n) is 3.96. The molecule has 0 aromatic heterocycles. The molecule has 0 saturated carbocycles. The van der Waals surface area contributed by atoms with E-state index >= 15 is 0 Å². The van der Waals surface area contributed by atoms with E-state index in [4.69, 9.17) is 4.74 Å². The van der Waals surface area contributed by atoms with E-state index in [2.05, 4.69) is 32.0 Å². The molecule has 1 unspecified atom stereocenters. The van der Waals surface area contributed by atoms with Crippen molar-refractivity contribution < 1.29 is 4.74 Å². The van der Waals surface area contributed by atoms with Gasteiger partial charge in [0, 0.05) is 11.0 Å². The summed E-state index contributed by atoms with van der Waals surface area (Å²) in [5.74, 6) is 2.87. The predicted molar refractivity (Wildman–Crippen MR) is 62.3 cm³/mol. The lowest BCUT2D eigenvalue weighted by Crippen LogP contribution is -2.05. The Balaban J connectivity index is 2.05. The minimum Gasteiger partial charge on any atom is -0.492 e. The van der Waals surface area contributed by atoms with E-state index < -0.39 is 0 Å². The summed E-state index contributed by atoms with van der Waals surface area (Å²) in [6.45, 7) is 5.27. The Morgan fingerprint density at radius 1 is 1.43 bits per heavy atom. The molecule has 1 aromatic carbocycles. The molecule has 0 spiro atoms. The highest BCUT2D eigenvalue weighted by atomic mass is 32.2. The van der Waals surface area contributed by atoms with E-state index in [9.17, 15) is 0 Å². The first-order valence-electron chi connectivity index (χ1n) is 5.10. The van der Waals surface area contributed by atoms with Gasteiger partial charge in [-0.15, -0.1) is 0 Å². The number of hydrogen-bond donors (Lipinski definition) is 0. The molecule has 0 bridgehead atoms. The highest BCUT2D eigenvalue weighted by Gasteiger charge is 2.23. The molecule has 1 aliphatic rings. The van der Waals surface area contributed by atoms with Gasteiger partial charge in [0.15, 0.2) is 0 Å². The fraction of sp³-hybridized carbons (Fsp3) is 0.500. The number of para-hydroxylation sites is 1. The summed E-state index contributed by atoms with van der Waals surface area (Å²) in [6.07, 6.45) is 0. The number of rotatable bonds is 4. The van der Waals surface area contributed by atoms with E-state index in [1.54, 1.807) is 0 Å². The Kier molecular flexibility index (Phi) is 3.02. The van der Waals surface area contributed by atoms with Crippen molar-refractivity contribution in [3.63, 3.8) is 0 Å². The zero-order chi connectivity index (χ0) is 9.97. The molecule has 1 heterocycles. The van der Waals surface area contributed by atoms with E-state index in [1.165, 1.54) is 11.3 Å². The second-order valence-corrected chi connectivity index (χ2v) is 5.29. The molecule has 0 radical (unpaired) electrons. The fourth-order valence-electron chi connectivity index (χ4n) is 1.44. The maximum absolute atomic E-state index is 5.80. The van der Waals surface area contributed by atoms with Gasteiger partial charge in [-0.25, -0.2) is 0 Å². The molecule has 0 N–H and O–H groups in total. The van der Waals surface area contributed by atoms with Crippen molar-refractivity contribution in [1.82, 2.24) is 0 Å². The van der Waals surface area contributed by atoms with E-state index in [-0.39, 0.29) is 0 Å². The average molecular weight is 208 g/mol. The fourth-order valence-corrected chi connectivity index (χ4v) is 1.83. The predicted octanol–water partition coefficient (Wildman–Crippen LogP) is 3.30. The average Bonchev–Trinajstić information content (AvgIpc) is 2.98. The van der Waals surface area contributed by atoms with E-state index in [1.807, 2.05) is 17.8 Å². The molecule has 2 heteroatoms. The maximum atomic E-state index is 5.80. The normalized spacial score (nSPS) is 19.8. The quantitative estimate of drug-likeness (QED) is 0.702. The summed E-state index contributed by atoms with van der Waals surface area (Å²) in [5, 5.41) is 0.746. The van der Waals surface area contributed by atoms with Crippen LogP contribution in [0.4, 0.5) is 0 Å². The summed E-state index contributed by atoms with van der Waals surface area (Å²) < 4.78 is 5.80. The van der Waals surface area contributed by atoms with Gasteiger partial charge in [-0.3, -0.25) is 0 Å². The Labute approximate surface area is 89.9 Å². The second kappa shape index (κ2) is 4.26. The summed E-state index contributed by atoms with van der Waals surface area (Å²) in [6, 6.07) is 8.34. The molecule has 1 nitrogen and oxygen atoms in total. The molecule has 76 valence electrons. The third-order valence-corrected chi connectivity index (χ3v) is 3.31. The first kappa shape index (κ1) is 9.91. The van der Waals surface area contributed by atoms with Crippen LogP contribution in [0.2, 0.25) is 0 Å². The third-order valence-electron chi connectivity index (χ3n) is 2.37. The van der Waals surface area contributed by atoms with Gasteiger partial charge in [0.25, 0.3) is 0 Å². The van der Waals surface area contributed by atoms with Gasteiger partial charge < -0.3 is 4.74 Å². The molecule has 14 heavy (non-hydrogen) atoms. The molecule has 1 saturated heterocycles. The van der Waals surface area contributed by atoms with Gasteiger partial charge in [0.2, 0.25) is 0 Å². The van der Waals surface area contributed by atoms with Crippen molar-refractivity contribution in [2.24, 2.45) is 0 Å². The molecular formula is C12H16OS. The lowest BCUT2D eigenvalue weighted by Gasteiger charge is -2.12. The molecule has 1 fully saturated rings. The van der Waals surface area contributed by atoms with Gasteiger partial charge in [0.05, 0.1) is 0 Å². The molecule has 1 aliphatic heterocycles. The van der Waals surface area contributed by atoms with Crippen molar-refractivity contribution in [1.29, 1.82) is 0 Å². The molecule has 1 aromatic rings. The van der Waals surface area contributed by atoms with Crippen LogP contribution in [0.1, 0.15) is 25.3 Å². The summed E-state index contributed by atoms with van der Waals surface area (Å²) in [7, 11) is 0. The summed E-state index contributed by atoms with van der Waals surface area (Å²) in [4.78, 5) is 0. The third kappa shape index (κ3) is 2.44. The van der Waals surface area contributed by atoms with Crippen molar-refractivity contribution >= 4 is 11.8 Å². The maximum Gasteiger partial charge on any atom is 0.122 e. The first-order valence-corrected chi connectivity index (χ1v) is 6.15. The van der Waals surface area contributed by atoms with Crippen molar-refractivity contribution in [2.75, 3.05) is 12.4 Å². The molecule has 1 atom stereocenters. The highest BCUT2D eigenvalue weighted by molar-refractivity contribution is 8.06. The van der Waals surface area contributed by atoms with Crippen LogP contribution in [0.3, 0.4) is 0 Å². The lowest BCUT2D eigenvalue weighted by molar-refractivity contribution is 0.325. The van der Waals surface area contributed by atoms with Crippen LogP contribution in [0.25, 0.3) is 0 Å². The Hall–Kier alpha value is -0.630. The standard InChI is InChI=1S/C12H16OS/c1-9(2)11-5-3-4-6-12(11)13-7-10-8-14-10/h3-6,9-10H,7-8H2,1-2H3. The van der Waals surface area contributed by atoms with Crippen molar-refractivity contribution in [3.8, 4) is 5.75 Å².